The van der Waals surface area contributed by atoms with Crippen LogP contribution >= 0.6 is 0 Å². The average Bonchev–Trinajstić information content (AvgIpc) is 2.34. The van der Waals surface area contributed by atoms with Gasteiger partial charge in [-0.25, -0.2) is 4.79 Å². The van der Waals surface area contributed by atoms with Gasteiger partial charge >= 0.3 is 5.97 Å². The van der Waals surface area contributed by atoms with E-state index in [0.29, 0.717) is 17.9 Å². The summed E-state index contributed by atoms with van der Waals surface area (Å²) in [4.78, 5) is 10.8. The summed E-state index contributed by atoms with van der Waals surface area (Å²) in [5.41, 5.74) is 0. The van der Waals surface area contributed by atoms with Crippen LogP contribution in [-0.4, -0.2) is 35.5 Å². The first-order chi connectivity index (χ1) is 8.17. The second-order valence-corrected chi connectivity index (χ2v) is 3.40. The monoisotopic (exact) mass is 240 g/mol. The highest BCUT2D eigenvalue weighted by molar-refractivity contribution is 5.72. The minimum absolute atomic E-state index is 0.0465. The molecule has 0 aliphatic rings. The molecule has 5 heteroatoms. The molecule has 1 aromatic carbocycles. The lowest BCUT2D eigenvalue weighted by Crippen LogP contribution is -2.25. The van der Waals surface area contributed by atoms with E-state index < -0.39 is 12.1 Å². The molecular formula is C12H16O5. The Morgan fingerprint density at radius 2 is 1.88 bits per heavy atom. The summed E-state index contributed by atoms with van der Waals surface area (Å²) in [6.45, 7) is 1.93. The van der Waals surface area contributed by atoms with Crippen molar-refractivity contribution >= 4 is 5.97 Å². The van der Waals surface area contributed by atoms with Crippen molar-refractivity contribution in [1.29, 1.82) is 0 Å². The number of aliphatic hydroxyl groups is 1. The molecule has 1 atom stereocenters. The molecule has 0 saturated heterocycles. The predicted molar refractivity (Wildman–Crippen MR) is 61.4 cm³/mol. The molecule has 0 spiro atoms. The summed E-state index contributed by atoms with van der Waals surface area (Å²) in [6, 6.07) is 6.61. The lowest BCUT2D eigenvalue weighted by atomic mass is 10.2. The molecule has 0 bridgehead atoms. The lowest BCUT2D eigenvalue weighted by Gasteiger charge is -2.13. The van der Waals surface area contributed by atoms with E-state index in [9.17, 15) is 4.79 Å². The van der Waals surface area contributed by atoms with E-state index in [2.05, 4.69) is 0 Å². The van der Waals surface area contributed by atoms with Crippen molar-refractivity contribution in [3.8, 4) is 11.5 Å². The van der Waals surface area contributed by atoms with E-state index in [1.54, 1.807) is 31.2 Å². The highest BCUT2D eigenvalue weighted by atomic mass is 16.5. The normalized spacial score (nSPS) is 11.9. The van der Waals surface area contributed by atoms with E-state index >= 15 is 0 Å². The third kappa shape index (κ3) is 4.32. The fourth-order valence-corrected chi connectivity index (χ4v) is 1.25. The molecule has 1 aromatic rings. The van der Waals surface area contributed by atoms with Crippen LogP contribution in [0.15, 0.2) is 24.3 Å². The second kappa shape index (κ2) is 6.75. The number of benzene rings is 1. The summed E-state index contributed by atoms with van der Waals surface area (Å²) < 4.78 is 10.4. The second-order valence-electron chi connectivity index (χ2n) is 3.40. The van der Waals surface area contributed by atoms with Gasteiger partial charge in [-0.05, 0) is 30.7 Å². The SMILES string of the molecule is CCC(Oc1ccc(OCCO)cc1)C(=O)O. The molecule has 94 valence electrons. The number of carbonyl (C=O) groups is 1. The van der Waals surface area contributed by atoms with Gasteiger partial charge in [0.05, 0.1) is 6.61 Å². The van der Waals surface area contributed by atoms with Crippen LogP contribution in [0.5, 0.6) is 11.5 Å². The maximum Gasteiger partial charge on any atom is 0.344 e. The highest BCUT2D eigenvalue weighted by Gasteiger charge is 2.16. The molecule has 0 aromatic heterocycles. The number of aliphatic hydroxyl groups excluding tert-OH is 1. The largest absolute Gasteiger partial charge is 0.491 e. The third-order valence-corrected chi connectivity index (χ3v) is 2.11. The number of rotatable bonds is 7. The van der Waals surface area contributed by atoms with Crippen molar-refractivity contribution in [1.82, 2.24) is 0 Å². The number of aliphatic carboxylic acids is 1. The summed E-state index contributed by atoms with van der Waals surface area (Å²) in [5.74, 6) is 0.110. The molecule has 0 heterocycles. The number of carboxylic acid groups (broad SMARTS) is 1. The topological polar surface area (TPSA) is 76.0 Å². The van der Waals surface area contributed by atoms with Crippen LogP contribution in [0.25, 0.3) is 0 Å². The first-order valence-electron chi connectivity index (χ1n) is 5.40. The Labute approximate surface area is 99.6 Å². The van der Waals surface area contributed by atoms with E-state index in [1.807, 2.05) is 0 Å². The number of hydrogen-bond acceptors (Lipinski definition) is 4. The Balaban J connectivity index is 2.58. The van der Waals surface area contributed by atoms with Crippen molar-refractivity contribution < 1.29 is 24.5 Å². The van der Waals surface area contributed by atoms with Crippen molar-refractivity contribution in [3.05, 3.63) is 24.3 Å². The first kappa shape index (κ1) is 13.3. The van der Waals surface area contributed by atoms with Gasteiger partial charge in [0.2, 0.25) is 0 Å². The van der Waals surface area contributed by atoms with Crippen molar-refractivity contribution in [2.45, 2.75) is 19.4 Å². The van der Waals surface area contributed by atoms with E-state index in [4.69, 9.17) is 19.7 Å². The number of carboxylic acids is 1. The summed E-state index contributed by atoms with van der Waals surface area (Å²) in [6.07, 6.45) is -0.433. The van der Waals surface area contributed by atoms with Gasteiger partial charge in [-0.2, -0.15) is 0 Å². The van der Waals surface area contributed by atoms with Gasteiger partial charge in [0.15, 0.2) is 6.10 Å². The minimum atomic E-state index is -0.979. The highest BCUT2D eigenvalue weighted by Crippen LogP contribution is 2.19. The van der Waals surface area contributed by atoms with Crippen LogP contribution < -0.4 is 9.47 Å². The third-order valence-electron chi connectivity index (χ3n) is 2.11. The number of ether oxygens (including phenoxy) is 2. The van der Waals surface area contributed by atoms with E-state index in [1.165, 1.54) is 0 Å². The molecule has 0 fully saturated rings. The Morgan fingerprint density at radius 3 is 2.35 bits per heavy atom. The smallest absolute Gasteiger partial charge is 0.344 e. The van der Waals surface area contributed by atoms with Crippen molar-refractivity contribution in [2.75, 3.05) is 13.2 Å². The van der Waals surface area contributed by atoms with Gasteiger partial charge in [-0.3, -0.25) is 0 Å². The summed E-state index contributed by atoms with van der Waals surface area (Å²) in [7, 11) is 0. The fraction of sp³-hybridized carbons (Fsp3) is 0.417. The molecule has 0 saturated carbocycles. The number of hydrogen-bond donors (Lipinski definition) is 2. The Bertz CT molecular complexity index is 346. The van der Waals surface area contributed by atoms with Gasteiger partial charge in [0.1, 0.15) is 18.1 Å². The summed E-state index contributed by atoms with van der Waals surface area (Å²) in [5, 5.41) is 17.4. The van der Waals surface area contributed by atoms with Crippen LogP contribution in [0, 0.1) is 0 Å². The molecule has 0 amide bonds. The molecule has 1 unspecified atom stereocenters. The Hall–Kier alpha value is -1.75. The van der Waals surface area contributed by atoms with Crippen LogP contribution in [0.4, 0.5) is 0 Å². The molecule has 0 aliphatic carbocycles. The zero-order valence-electron chi connectivity index (χ0n) is 9.63. The molecule has 1 rings (SSSR count). The van der Waals surface area contributed by atoms with Crippen LogP contribution in [-0.2, 0) is 4.79 Å². The molecule has 0 aliphatic heterocycles. The zero-order valence-corrected chi connectivity index (χ0v) is 9.63. The van der Waals surface area contributed by atoms with E-state index in [0.717, 1.165) is 0 Å². The van der Waals surface area contributed by atoms with Gasteiger partial charge in [0.25, 0.3) is 0 Å². The molecule has 17 heavy (non-hydrogen) atoms. The van der Waals surface area contributed by atoms with Gasteiger partial charge in [0, 0.05) is 0 Å². The quantitative estimate of drug-likeness (QED) is 0.751. The van der Waals surface area contributed by atoms with Crippen molar-refractivity contribution in [3.63, 3.8) is 0 Å². The lowest BCUT2D eigenvalue weighted by molar-refractivity contribution is -0.145. The van der Waals surface area contributed by atoms with Crippen molar-refractivity contribution in [2.24, 2.45) is 0 Å². The van der Waals surface area contributed by atoms with Crippen LogP contribution in [0.2, 0.25) is 0 Å². The predicted octanol–water partition coefficient (Wildman–Crippen LogP) is 1.30. The van der Waals surface area contributed by atoms with Crippen LogP contribution in [0.1, 0.15) is 13.3 Å². The van der Waals surface area contributed by atoms with Gasteiger partial charge in [-0.15, -0.1) is 0 Å². The fourth-order valence-electron chi connectivity index (χ4n) is 1.25. The average molecular weight is 240 g/mol. The van der Waals surface area contributed by atoms with Gasteiger partial charge in [-0.1, -0.05) is 6.92 Å². The Kier molecular flexibility index (Phi) is 5.29. The molecule has 0 radical (unpaired) electrons. The zero-order chi connectivity index (χ0) is 12.7. The Morgan fingerprint density at radius 1 is 1.29 bits per heavy atom. The summed E-state index contributed by atoms with van der Waals surface area (Å²) >= 11 is 0. The molecule has 5 nitrogen and oxygen atoms in total. The van der Waals surface area contributed by atoms with E-state index in [-0.39, 0.29) is 13.2 Å². The standard InChI is InChI=1S/C12H16O5/c1-2-11(12(14)15)17-10-5-3-9(4-6-10)16-8-7-13/h3-6,11,13H,2,7-8H2,1H3,(H,14,15). The molecule has 2 N–H and O–H groups in total. The van der Waals surface area contributed by atoms with Crippen LogP contribution in [0.3, 0.4) is 0 Å². The van der Waals surface area contributed by atoms with Gasteiger partial charge < -0.3 is 19.7 Å². The first-order valence-corrected chi connectivity index (χ1v) is 5.40. The maximum absolute atomic E-state index is 10.8. The maximum atomic E-state index is 10.8. The molecular weight excluding hydrogens is 224 g/mol. The minimum Gasteiger partial charge on any atom is -0.491 e.